The van der Waals surface area contributed by atoms with Crippen molar-refractivity contribution in [3.63, 3.8) is 0 Å². The fourth-order valence-electron chi connectivity index (χ4n) is 1.21. The van der Waals surface area contributed by atoms with Gasteiger partial charge in [-0.25, -0.2) is 13.4 Å². The number of sulfonamides is 1. The van der Waals surface area contributed by atoms with Crippen molar-refractivity contribution in [1.82, 2.24) is 4.98 Å². The van der Waals surface area contributed by atoms with Crippen LogP contribution in [0.15, 0.2) is 32.4 Å². The highest BCUT2D eigenvalue weighted by Gasteiger charge is 2.18. The molecule has 0 radical (unpaired) electrons. The van der Waals surface area contributed by atoms with Gasteiger partial charge in [-0.1, -0.05) is 0 Å². The summed E-state index contributed by atoms with van der Waals surface area (Å²) in [7, 11) is -3.65. The first-order chi connectivity index (χ1) is 8.38. The van der Waals surface area contributed by atoms with Gasteiger partial charge in [0, 0.05) is 0 Å². The molecule has 96 valence electrons. The van der Waals surface area contributed by atoms with Crippen LogP contribution in [0.2, 0.25) is 0 Å². The lowest BCUT2D eigenvalue weighted by Crippen LogP contribution is -2.11. The van der Waals surface area contributed by atoms with E-state index in [1.165, 1.54) is 6.07 Å². The summed E-state index contributed by atoms with van der Waals surface area (Å²) in [5, 5.41) is 0. The van der Waals surface area contributed by atoms with Gasteiger partial charge in [-0.2, -0.15) is 4.39 Å². The number of rotatable bonds is 3. The van der Waals surface area contributed by atoms with Crippen LogP contribution in [-0.2, 0) is 10.0 Å². The Morgan fingerprint density at radius 2 is 2.17 bits per heavy atom. The second-order valence-electron chi connectivity index (χ2n) is 3.50. The second kappa shape index (κ2) is 4.94. The average Bonchev–Trinajstić information content (AvgIpc) is 2.63. The zero-order valence-corrected chi connectivity index (χ0v) is 12.4. The molecule has 0 saturated heterocycles. The van der Waals surface area contributed by atoms with Crippen LogP contribution in [0.4, 0.5) is 10.1 Å². The Morgan fingerprint density at radius 3 is 2.67 bits per heavy atom. The molecule has 0 aliphatic carbocycles. The van der Waals surface area contributed by atoms with E-state index in [2.05, 4.69) is 25.6 Å². The third-order valence-electron chi connectivity index (χ3n) is 2.08. The smallest absolute Gasteiger partial charge is 0.271 e. The molecule has 0 aliphatic rings. The molecule has 0 aromatic carbocycles. The van der Waals surface area contributed by atoms with Gasteiger partial charge in [0.05, 0.1) is 15.7 Å². The molecule has 4 nitrogen and oxygen atoms in total. The van der Waals surface area contributed by atoms with Crippen molar-refractivity contribution >= 4 is 43.0 Å². The standard InChI is InChI=1S/C10H8BrFN2O2S2/c1-6-4-9(17-10(6)11)18(15,16)14-7-2-3-8(12)13-5-7/h2-5,14H,1H3. The van der Waals surface area contributed by atoms with Gasteiger partial charge in [0.25, 0.3) is 10.0 Å². The van der Waals surface area contributed by atoms with Crippen molar-refractivity contribution < 1.29 is 12.8 Å². The largest absolute Gasteiger partial charge is 0.277 e. The Hall–Kier alpha value is -0.990. The normalized spacial score (nSPS) is 11.5. The minimum atomic E-state index is -3.65. The minimum Gasteiger partial charge on any atom is -0.277 e. The summed E-state index contributed by atoms with van der Waals surface area (Å²) in [6, 6.07) is 3.97. The Morgan fingerprint density at radius 1 is 1.44 bits per heavy atom. The topological polar surface area (TPSA) is 59.1 Å². The molecule has 0 bridgehead atoms. The van der Waals surface area contributed by atoms with E-state index in [0.29, 0.717) is 0 Å². The molecule has 0 unspecified atom stereocenters. The van der Waals surface area contributed by atoms with Crippen LogP contribution < -0.4 is 4.72 Å². The van der Waals surface area contributed by atoms with E-state index in [4.69, 9.17) is 0 Å². The first-order valence-electron chi connectivity index (χ1n) is 4.79. The molecule has 0 saturated carbocycles. The molecule has 0 amide bonds. The zero-order chi connectivity index (χ0) is 13.3. The fraction of sp³-hybridized carbons (Fsp3) is 0.100. The molecule has 2 aromatic heterocycles. The third-order valence-corrected chi connectivity index (χ3v) is 6.07. The van der Waals surface area contributed by atoms with Crippen molar-refractivity contribution in [3.8, 4) is 0 Å². The number of hydrogen-bond acceptors (Lipinski definition) is 4. The molecule has 2 heterocycles. The van der Waals surface area contributed by atoms with Crippen LogP contribution in [0.1, 0.15) is 5.56 Å². The summed E-state index contributed by atoms with van der Waals surface area (Å²) < 4.78 is 39.9. The van der Waals surface area contributed by atoms with Crippen molar-refractivity contribution in [2.45, 2.75) is 11.1 Å². The average molecular weight is 351 g/mol. The van der Waals surface area contributed by atoms with Gasteiger partial charge in [-0.3, -0.25) is 4.72 Å². The SMILES string of the molecule is Cc1cc(S(=O)(=O)Nc2ccc(F)nc2)sc1Br. The molecule has 0 spiro atoms. The number of nitrogens with one attached hydrogen (secondary N) is 1. The molecule has 0 aliphatic heterocycles. The number of thiophene rings is 1. The lowest BCUT2D eigenvalue weighted by atomic mass is 10.4. The van der Waals surface area contributed by atoms with Crippen molar-refractivity contribution in [2.24, 2.45) is 0 Å². The van der Waals surface area contributed by atoms with E-state index < -0.39 is 16.0 Å². The molecule has 1 N–H and O–H groups in total. The molecule has 18 heavy (non-hydrogen) atoms. The van der Waals surface area contributed by atoms with Gasteiger partial charge < -0.3 is 0 Å². The van der Waals surface area contributed by atoms with Crippen molar-refractivity contribution in [2.75, 3.05) is 4.72 Å². The van der Waals surface area contributed by atoms with Crippen LogP contribution in [0.5, 0.6) is 0 Å². The van der Waals surface area contributed by atoms with Gasteiger partial charge in [-0.05, 0) is 46.6 Å². The lowest BCUT2D eigenvalue weighted by molar-refractivity contribution is 0.583. The number of nitrogens with zero attached hydrogens (tertiary/aromatic N) is 1. The van der Waals surface area contributed by atoms with Crippen LogP contribution in [-0.4, -0.2) is 13.4 Å². The maximum absolute atomic E-state index is 12.6. The predicted octanol–water partition coefficient (Wildman–Crippen LogP) is 3.15. The third kappa shape index (κ3) is 2.88. The highest BCUT2D eigenvalue weighted by molar-refractivity contribution is 9.11. The number of hydrogen-bond donors (Lipinski definition) is 1. The van der Waals surface area contributed by atoms with E-state index in [9.17, 15) is 12.8 Å². The zero-order valence-electron chi connectivity index (χ0n) is 9.15. The van der Waals surface area contributed by atoms with Gasteiger partial charge in [0.2, 0.25) is 5.95 Å². The number of anilines is 1. The first kappa shape index (κ1) is 13.4. The number of halogens is 2. The summed E-state index contributed by atoms with van der Waals surface area (Å²) in [5.41, 5.74) is 1.07. The predicted molar refractivity (Wildman–Crippen MR) is 71.8 cm³/mol. The maximum Gasteiger partial charge on any atom is 0.271 e. The summed E-state index contributed by atoms with van der Waals surface area (Å²) in [5.74, 6) is -0.660. The Kier molecular flexibility index (Phi) is 3.69. The maximum atomic E-state index is 12.6. The molecule has 2 rings (SSSR count). The van der Waals surface area contributed by atoms with Crippen LogP contribution >= 0.6 is 27.3 Å². The van der Waals surface area contributed by atoms with E-state index in [-0.39, 0.29) is 9.90 Å². The Labute approximate surface area is 116 Å². The summed E-state index contributed by atoms with van der Waals surface area (Å²) in [6.07, 6.45) is 1.13. The summed E-state index contributed by atoms with van der Waals surface area (Å²) >= 11 is 4.38. The van der Waals surface area contributed by atoms with E-state index in [1.54, 1.807) is 13.0 Å². The highest BCUT2D eigenvalue weighted by Crippen LogP contribution is 2.31. The monoisotopic (exact) mass is 350 g/mol. The molecule has 8 heteroatoms. The van der Waals surface area contributed by atoms with E-state index >= 15 is 0 Å². The van der Waals surface area contributed by atoms with Crippen LogP contribution in [0.3, 0.4) is 0 Å². The summed E-state index contributed by atoms with van der Waals surface area (Å²) in [4.78, 5) is 3.38. The van der Waals surface area contributed by atoms with Crippen LogP contribution in [0, 0.1) is 12.9 Å². The quantitative estimate of drug-likeness (QED) is 0.865. The van der Waals surface area contributed by atoms with Gasteiger partial charge in [-0.15, -0.1) is 11.3 Å². The van der Waals surface area contributed by atoms with Crippen molar-refractivity contribution in [3.05, 3.63) is 39.7 Å². The molecule has 0 atom stereocenters. The minimum absolute atomic E-state index is 0.191. The fourth-order valence-corrected chi connectivity index (χ4v) is 4.47. The van der Waals surface area contributed by atoms with Gasteiger partial charge in [0.1, 0.15) is 4.21 Å². The Balaban J connectivity index is 2.29. The van der Waals surface area contributed by atoms with Crippen molar-refractivity contribution in [1.29, 1.82) is 0 Å². The van der Waals surface area contributed by atoms with Gasteiger partial charge in [0.15, 0.2) is 0 Å². The molecular weight excluding hydrogens is 343 g/mol. The van der Waals surface area contributed by atoms with E-state index in [0.717, 1.165) is 32.9 Å². The number of pyridine rings is 1. The number of aryl methyl sites for hydroxylation is 1. The Bertz CT molecular complexity index is 648. The molecule has 2 aromatic rings. The number of aromatic nitrogens is 1. The second-order valence-corrected chi connectivity index (χ2v) is 7.78. The van der Waals surface area contributed by atoms with Gasteiger partial charge >= 0.3 is 0 Å². The lowest BCUT2D eigenvalue weighted by Gasteiger charge is -2.04. The summed E-state index contributed by atoms with van der Waals surface area (Å²) in [6.45, 7) is 1.80. The highest BCUT2D eigenvalue weighted by atomic mass is 79.9. The van der Waals surface area contributed by atoms with Crippen LogP contribution in [0.25, 0.3) is 0 Å². The van der Waals surface area contributed by atoms with E-state index in [1.807, 2.05) is 0 Å². The molecule has 0 fully saturated rings. The first-order valence-corrected chi connectivity index (χ1v) is 7.88. The molecular formula is C10H8BrFN2O2S2.